The number of amides is 1. The van der Waals surface area contributed by atoms with Crippen molar-refractivity contribution >= 4 is 11.6 Å². The molecule has 0 spiro atoms. The van der Waals surface area contributed by atoms with Gasteiger partial charge < -0.3 is 24.3 Å². The predicted octanol–water partition coefficient (Wildman–Crippen LogP) is 3.04. The maximum Gasteiger partial charge on any atom is 0.262 e. The van der Waals surface area contributed by atoms with Crippen LogP contribution in [0, 0.1) is 6.92 Å². The molecule has 24 heavy (non-hydrogen) atoms. The lowest BCUT2D eigenvalue weighted by molar-refractivity contribution is -0.118. The van der Waals surface area contributed by atoms with E-state index in [-0.39, 0.29) is 12.5 Å². The van der Waals surface area contributed by atoms with Crippen molar-refractivity contribution in [3.63, 3.8) is 0 Å². The molecule has 0 radical (unpaired) electrons. The number of nitrogens with one attached hydrogen (secondary N) is 1. The van der Waals surface area contributed by atoms with E-state index < -0.39 is 0 Å². The number of hydrogen-bond acceptors (Lipinski definition) is 5. The summed E-state index contributed by atoms with van der Waals surface area (Å²) in [6.07, 6.45) is 0. The number of para-hydroxylation sites is 2. The van der Waals surface area contributed by atoms with E-state index in [9.17, 15) is 4.79 Å². The zero-order chi connectivity index (χ0) is 17.5. The Morgan fingerprint density at radius 1 is 0.958 bits per heavy atom. The van der Waals surface area contributed by atoms with Gasteiger partial charge in [0.05, 0.1) is 27.0 Å². The fourth-order valence-electron chi connectivity index (χ4n) is 2.23. The molecule has 0 bridgehead atoms. The Bertz CT molecular complexity index is 689. The Morgan fingerprint density at radius 2 is 1.54 bits per heavy atom. The Kier molecular flexibility index (Phi) is 5.89. The summed E-state index contributed by atoms with van der Waals surface area (Å²) in [5.41, 5.74) is 1.55. The third-order valence-corrected chi connectivity index (χ3v) is 3.33. The van der Waals surface area contributed by atoms with Gasteiger partial charge in [-0.2, -0.15) is 0 Å². The van der Waals surface area contributed by atoms with Crippen molar-refractivity contribution in [1.82, 2.24) is 0 Å². The molecule has 2 aromatic carbocycles. The molecule has 0 atom stereocenters. The summed E-state index contributed by atoms with van der Waals surface area (Å²) in [7, 11) is 4.62. The van der Waals surface area contributed by atoms with Crippen molar-refractivity contribution in [2.45, 2.75) is 6.92 Å². The molecule has 1 N–H and O–H groups in total. The second-order valence-corrected chi connectivity index (χ2v) is 5.04. The molecule has 2 aromatic rings. The van der Waals surface area contributed by atoms with Gasteiger partial charge in [-0.05, 0) is 36.8 Å². The molecule has 1 amide bonds. The minimum atomic E-state index is -0.316. The summed E-state index contributed by atoms with van der Waals surface area (Å²) in [5, 5.41) is 2.75. The second kappa shape index (κ2) is 8.10. The van der Waals surface area contributed by atoms with E-state index >= 15 is 0 Å². The van der Waals surface area contributed by atoms with Crippen LogP contribution >= 0.6 is 0 Å². The number of hydrogen-bond donors (Lipinski definition) is 1. The van der Waals surface area contributed by atoms with Gasteiger partial charge in [-0.3, -0.25) is 4.79 Å². The Labute approximate surface area is 141 Å². The maximum absolute atomic E-state index is 12.1. The van der Waals surface area contributed by atoms with Crippen molar-refractivity contribution in [3.8, 4) is 23.0 Å². The number of anilines is 1. The summed E-state index contributed by atoms with van der Waals surface area (Å²) in [6.45, 7) is 1.73. The predicted molar refractivity (Wildman–Crippen MR) is 91.4 cm³/mol. The molecule has 0 saturated heterocycles. The third kappa shape index (κ3) is 4.10. The zero-order valence-electron chi connectivity index (χ0n) is 14.2. The lowest BCUT2D eigenvalue weighted by Gasteiger charge is -2.15. The second-order valence-electron chi connectivity index (χ2n) is 5.04. The van der Waals surface area contributed by atoms with Gasteiger partial charge >= 0.3 is 0 Å². The van der Waals surface area contributed by atoms with Gasteiger partial charge in [-0.15, -0.1) is 0 Å². The summed E-state index contributed by atoms with van der Waals surface area (Å²) in [6, 6.07) is 10.8. The van der Waals surface area contributed by atoms with Crippen molar-refractivity contribution < 1.29 is 23.7 Å². The summed E-state index contributed by atoms with van der Waals surface area (Å²) in [4.78, 5) is 12.1. The Morgan fingerprint density at radius 3 is 2.12 bits per heavy atom. The number of methoxy groups -OCH3 is 3. The molecule has 0 aliphatic carbocycles. The van der Waals surface area contributed by atoms with E-state index in [1.165, 1.54) is 14.2 Å². The first kappa shape index (κ1) is 17.5. The lowest BCUT2D eigenvalue weighted by Crippen LogP contribution is -2.21. The molecule has 2 rings (SSSR count). The van der Waals surface area contributed by atoms with E-state index in [0.29, 0.717) is 28.7 Å². The number of benzene rings is 2. The molecule has 0 unspecified atom stereocenters. The van der Waals surface area contributed by atoms with E-state index in [4.69, 9.17) is 18.9 Å². The van der Waals surface area contributed by atoms with Gasteiger partial charge in [-0.25, -0.2) is 0 Å². The van der Waals surface area contributed by atoms with Crippen LogP contribution in [-0.2, 0) is 4.79 Å². The molecule has 0 saturated carbocycles. The highest BCUT2D eigenvalue weighted by atomic mass is 16.5. The summed E-state index contributed by atoms with van der Waals surface area (Å²) in [5.74, 6) is 1.68. The first-order valence-electron chi connectivity index (χ1n) is 7.37. The molecule has 6 heteroatoms. The van der Waals surface area contributed by atoms with Gasteiger partial charge in [0.1, 0.15) is 5.75 Å². The fraction of sp³-hybridized carbons (Fsp3) is 0.278. The SMILES string of the molecule is COc1ccccc1NC(=O)COc1c(OC)cc(C)cc1OC. The Hall–Kier alpha value is -2.89. The van der Waals surface area contributed by atoms with Gasteiger partial charge in [0, 0.05) is 0 Å². The van der Waals surface area contributed by atoms with Gasteiger partial charge in [-0.1, -0.05) is 12.1 Å². The van der Waals surface area contributed by atoms with Crippen molar-refractivity contribution in [2.75, 3.05) is 33.3 Å². The van der Waals surface area contributed by atoms with Crippen molar-refractivity contribution in [2.24, 2.45) is 0 Å². The quantitative estimate of drug-likeness (QED) is 0.845. The van der Waals surface area contributed by atoms with Crippen molar-refractivity contribution in [3.05, 3.63) is 42.0 Å². The van der Waals surface area contributed by atoms with Crippen LogP contribution in [0.1, 0.15) is 5.56 Å². The molecule has 0 heterocycles. The Balaban J connectivity index is 2.09. The molecule has 0 aromatic heterocycles. The van der Waals surface area contributed by atoms with Crippen LogP contribution in [0.5, 0.6) is 23.0 Å². The number of aryl methyl sites for hydroxylation is 1. The van der Waals surface area contributed by atoms with Crippen LogP contribution in [0.4, 0.5) is 5.69 Å². The van der Waals surface area contributed by atoms with E-state index in [0.717, 1.165) is 5.56 Å². The molecule has 0 fully saturated rings. The van der Waals surface area contributed by atoms with Crippen LogP contribution in [0.15, 0.2) is 36.4 Å². The molecular formula is C18H21NO5. The van der Waals surface area contributed by atoms with Crippen LogP contribution in [-0.4, -0.2) is 33.8 Å². The van der Waals surface area contributed by atoms with E-state index in [2.05, 4.69) is 5.32 Å². The molecule has 0 aliphatic heterocycles. The van der Waals surface area contributed by atoms with Crippen LogP contribution in [0.2, 0.25) is 0 Å². The van der Waals surface area contributed by atoms with Gasteiger partial charge in [0.25, 0.3) is 5.91 Å². The standard InChI is InChI=1S/C18H21NO5/c1-12-9-15(22-3)18(16(10-12)23-4)24-11-17(20)19-13-7-5-6-8-14(13)21-2/h5-10H,11H2,1-4H3,(H,19,20). The highest BCUT2D eigenvalue weighted by Crippen LogP contribution is 2.38. The lowest BCUT2D eigenvalue weighted by atomic mass is 10.2. The molecule has 0 aliphatic rings. The monoisotopic (exact) mass is 331 g/mol. The zero-order valence-corrected chi connectivity index (χ0v) is 14.2. The third-order valence-electron chi connectivity index (χ3n) is 3.33. The van der Waals surface area contributed by atoms with Crippen LogP contribution < -0.4 is 24.3 Å². The smallest absolute Gasteiger partial charge is 0.262 e. The normalized spacial score (nSPS) is 10.0. The first-order chi connectivity index (χ1) is 11.6. The summed E-state index contributed by atoms with van der Waals surface area (Å²) < 4.78 is 21.4. The van der Waals surface area contributed by atoms with Crippen LogP contribution in [0.3, 0.4) is 0 Å². The number of ether oxygens (including phenoxy) is 4. The topological polar surface area (TPSA) is 66.0 Å². The molecular weight excluding hydrogens is 310 g/mol. The van der Waals surface area contributed by atoms with E-state index in [1.54, 1.807) is 19.2 Å². The van der Waals surface area contributed by atoms with E-state index in [1.807, 2.05) is 31.2 Å². The molecule has 128 valence electrons. The maximum atomic E-state index is 12.1. The highest BCUT2D eigenvalue weighted by molar-refractivity contribution is 5.93. The molecule has 6 nitrogen and oxygen atoms in total. The van der Waals surface area contributed by atoms with Gasteiger partial charge in [0.2, 0.25) is 5.75 Å². The first-order valence-corrected chi connectivity index (χ1v) is 7.37. The van der Waals surface area contributed by atoms with Gasteiger partial charge in [0.15, 0.2) is 18.1 Å². The minimum Gasteiger partial charge on any atom is -0.495 e. The van der Waals surface area contributed by atoms with Crippen LogP contribution in [0.25, 0.3) is 0 Å². The fourth-order valence-corrected chi connectivity index (χ4v) is 2.23. The average Bonchev–Trinajstić information content (AvgIpc) is 2.60. The average molecular weight is 331 g/mol. The summed E-state index contributed by atoms with van der Waals surface area (Å²) >= 11 is 0. The number of carbonyl (C=O) groups is 1. The minimum absolute atomic E-state index is 0.187. The number of carbonyl (C=O) groups excluding carboxylic acids is 1. The highest BCUT2D eigenvalue weighted by Gasteiger charge is 2.15. The number of rotatable bonds is 7. The van der Waals surface area contributed by atoms with Crippen molar-refractivity contribution in [1.29, 1.82) is 0 Å². The largest absolute Gasteiger partial charge is 0.495 e.